The summed E-state index contributed by atoms with van der Waals surface area (Å²) < 4.78 is 16.1. The summed E-state index contributed by atoms with van der Waals surface area (Å²) in [5.41, 5.74) is 0. The van der Waals surface area contributed by atoms with Crippen molar-refractivity contribution in [3.05, 3.63) is 196 Å². The Bertz CT molecular complexity index is 1660. The second-order valence-electron chi connectivity index (χ2n) is 17.9. The normalized spacial score (nSPS) is 12.2. The molecule has 6 aromatic rings. The fraction of sp³-hybridized carbons (Fsp3) is 0.250. The second kappa shape index (κ2) is 21.9. The molecule has 6 rings (SSSR count). The van der Waals surface area contributed by atoms with Gasteiger partial charge in [-0.2, -0.15) is 0 Å². The molecule has 0 aliphatic carbocycles. The molecule has 0 unspecified atom stereocenters. The van der Waals surface area contributed by atoms with Gasteiger partial charge >= 0.3 is 32.7 Å². The van der Waals surface area contributed by atoms with E-state index < -0.39 is 49.4 Å². The van der Waals surface area contributed by atoms with E-state index in [1.54, 1.807) is 0 Å². The van der Waals surface area contributed by atoms with Crippen LogP contribution >= 0.6 is 0 Å². The van der Waals surface area contributed by atoms with Crippen molar-refractivity contribution in [2.45, 2.75) is 78.6 Å². The smallest absolute Gasteiger partial charge is 0.660 e. The van der Waals surface area contributed by atoms with Crippen molar-refractivity contribution in [1.82, 2.24) is 0 Å². The molecule has 0 radical (unpaired) electrons. The minimum absolute atomic E-state index is 0. The fourth-order valence-electron chi connectivity index (χ4n) is 7.56. The summed E-state index contributed by atoms with van der Waals surface area (Å²) in [7, 11) is -10.3. The Morgan fingerprint density at radius 2 is 0.310 bits per heavy atom. The quantitative estimate of drug-likeness (QED) is 0.110. The first-order chi connectivity index (χ1) is 26.8. The van der Waals surface area contributed by atoms with Crippen molar-refractivity contribution in [2.24, 2.45) is 0 Å². The van der Waals surface area contributed by atoms with Crippen LogP contribution in [0.5, 0.6) is 0 Å². The third-order valence-corrected chi connectivity index (χ3v) is 34.5. The first-order valence-corrected chi connectivity index (χ1v) is 38.0. The van der Waals surface area contributed by atoms with Crippen molar-refractivity contribution >= 4 is 80.5 Å². The summed E-state index contributed by atoms with van der Waals surface area (Å²) in [5, 5.41) is 8.54. The minimum Gasteiger partial charge on any atom is -0.660 e. The van der Waals surface area contributed by atoms with Crippen LogP contribution < -0.4 is 31.1 Å². The van der Waals surface area contributed by atoms with Crippen LogP contribution in [0, 0.1) is 0 Å². The zero-order chi connectivity index (χ0) is 41.8. The van der Waals surface area contributed by atoms with Gasteiger partial charge in [0.25, 0.3) is 0 Å². The van der Waals surface area contributed by atoms with Gasteiger partial charge in [-0.05, 0) is 49.4 Å². The van der Waals surface area contributed by atoms with E-state index in [0.717, 1.165) is 0 Å². The molecular weight excluding hydrogens is 876 g/mol. The van der Waals surface area contributed by atoms with Gasteiger partial charge in [0.05, 0.1) is 0 Å². The molecule has 6 aromatic carbocycles. The zero-order valence-corrected chi connectivity index (χ0v) is 46.1. The monoisotopic (exact) mass is 941 g/mol. The first kappa shape index (κ1) is 50.0. The number of benzene rings is 6. The van der Waals surface area contributed by atoms with Crippen LogP contribution in [-0.2, 0) is 32.7 Å². The Hall–Kier alpha value is -2.39. The van der Waals surface area contributed by atoms with Gasteiger partial charge in [-0.25, -0.2) is 0 Å². The molecule has 0 saturated carbocycles. The number of hydrogen-bond donors (Lipinski definition) is 0. The average Bonchev–Trinajstić information content (AvgIpc) is 3.19. The molecule has 0 saturated heterocycles. The summed E-state index contributed by atoms with van der Waals surface area (Å²) in [4.78, 5) is 0. The molecule has 58 heavy (non-hydrogen) atoms. The Balaban J connectivity index is 0.000000231. The molecule has 0 aliphatic rings. The number of hydrogen-bond acceptors (Lipinski definition) is 0. The Labute approximate surface area is 384 Å². The maximum absolute atomic E-state index is 5.36. The van der Waals surface area contributed by atoms with Gasteiger partial charge in [0, 0.05) is 0 Å². The van der Waals surface area contributed by atoms with Crippen molar-refractivity contribution in [1.29, 1.82) is 0 Å². The molecule has 0 aliphatic heterocycles. The molecule has 0 N–H and O–H groups in total. The maximum atomic E-state index is 5.36. The van der Waals surface area contributed by atoms with E-state index in [0.29, 0.717) is 0 Å². The third-order valence-electron chi connectivity index (χ3n) is 10.6. The van der Waals surface area contributed by atoms with Crippen LogP contribution in [0.3, 0.4) is 0 Å². The van der Waals surface area contributed by atoms with E-state index in [-0.39, 0.29) is 32.7 Å². The van der Waals surface area contributed by atoms with Gasteiger partial charge in [0.1, 0.15) is 0 Å². The molecule has 0 atom stereocenters. The largest absolute Gasteiger partial charge is 3.00 e. The Morgan fingerprint density at radius 1 is 0.207 bits per heavy atom. The topological polar surface area (TPSA) is 42.3 Å². The van der Waals surface area contributed by atoms with Crippen molar-refractivity contribution in [3.8, 4) is 0 Å². The Morgan fingerprint density at radius 3 is 0.414 bits per heavy atom. The SMILES string of the molecule is C[Si](C)([N-][Si](C)(C)c1ccccc1)c1ccccc1.C[Si](C)([N-][Si](C)(C)c1ccccc1)c1ccccc1.C[Si](C)([N-][Si](C)(C)c1ccccc1)c1ccccc1.[Y+3]. The number of nitrogens with zero attached hydrogens (tertiary/aromatic N) is 3. The van der Waals surface area contributed by atoms with Gasteiger partial charge in [0.2, 0.25) is 0 Å². The summed E-state index contributed by atoms with van der Waals surface area (Å²) in [6, 6.07) is 64.7. The first-order valence-electron chi connectivity index (χ1n) is 20.3. The zero-order valence-electron chi connectivity index (χ0n) is 37.2. The predicted molar refractivity (Wildman–Crippen MR) is 271 cm³/mol. The standard InChI is InChI=1S/3C16H22NSi2.Y/c3*1-18(2,15-11-7-5-8-12-15)17-19(3,4)16-13-9-6-10-14-16;/h3*5-14H,1-4H3;/q3*-1;+3. The number of rotatable bonds is 12. The van der Waals surface area contributed by atoms with E-state index in [2.05, 4.69) is 261 Å². The van der Waals surface area contributed by atoms with Gasteiger partial charge in [0.15, 0.2) is 0 Å². The van der Waals surface area contributed by atoms with Crippen LogP contribution in [-0.4, -0.2) is 49.4 Å². The van der Waals surface area contributed by atoms with Gasteiger partial charge < -0.3 is 13.9 Å². The predicted octanol–water partition coefficient (Wildman–Crippen LogP) is 10.8. The summed E-state index contributed by atoms with van der Waals surface area (Å²) in [5.74, 6) is 0. The van der Waals surface area contributed by atoms with Crippen LogP contribution in [0.25, 0.3) is 13.9 Å². The van der Waals surface area contributed by atoms with Crippen LogP contribution in [0.2, 0.25) is 78.6 Å². The maximum Gasteiger partial charge on any atom is 3.00 e. The molecule has 0 bridgehead atoms. The van der Waals surface area contributed by atoms with E-state index in [1.165, 1.54) is 31.1 Å². The minimum atomic E-state index is -1.71. The van der Waals surface area contributed by atoms with Gasteiger partial charge in [-0.3, -0.25) is 0 Å². The van der Waals surface area contributed by atoms with Gasteiger partial charge in [-0.15, -0.1) is 0 Å². The molecule has 3 nitrogen and oxygen atoms in total. The van der Waals surface area contributed by atoms with Crippen LogP contribution in [0.4, 0.5) is 0 Å². The molecule has 10 heteroatoms. The van der Waals surface area contributed by atoms with E-state index in [1.807, 2.05) is 0 Å². The van der Waals surface area contributed by atoms with E-state index in [9.17, 15) is 0 Å². The average molecular weight is 942 g/mol. The second-order valence-corrected chi connectivity index (χ2v) is 42.7. The molecular formula is C48H66N3Si6Y. The van der Waals surface area contributed by atoms with Crippen molar-refractivity contribution in [3.63, 3.8) is 0 Å². The van der Waals surface area contributed by atoms with E-state index >= 15 is 0 Å². The molecule has 300 valence electrons. The molecule has 0 amide bonds. The summed E-state index contributed by atoms with van der Waals surface area (Å²) in [6.07, 6.45) is 0. The summed E-state index contributed by atoms with van der Waals surface area (Å²) in [6.45, 7) is 28.2. The molecule has 0 fully saturated rings. The van der Waals surface area contributed by atoms with Crippen molar-refractivity contribution in [2.75, 3.05) is 0 Å². The van der Waals surface area contributed by atoms with Crippen molar-refractivity contribution < 1.29 is 32.7 Å². The van der Waals surface area contributed by atoms with Crippen LogP contribution in [0.1, 0.15) is 0 Å². The summed E-state index contributed by atoms with van der Waals surface area (Å²) >= 11 is 0. The van der Waals surface area contributed by atoms with Gasteiger partial charge in [-0.1, -0.05) is 292 Å². The Kier molecular flexibility index (Phi) is 18.9. The molecule has 0 spiro atoms. The van der Waals surface area contributed by atoms with Crippen LogP contribution in [0.15, 0.2) is 182 Å². The fourth-order valence-corrected chi connectivity index (χ4v) is 33.5. The van der Waals surface area contributed by atoms with E-state index in [4.69, 9.17) is 13.9 Å². The third kappa shape index (κ3) is 15.0. The molecule has 0 aromatic heterocycles. The molecule has 0 heterocycles.